The Bertz CT molecular complexity index is 416. The highest BCUT2D eigenvalue weighted by Crippen LogP contribution is 2.18. The highest BCUT2D eigenvalue weighted by atomic mass is 16.6. The maximum Gasteiger partial charge on any atom is 0.252 e. The van der Waals surface area contributed by atoms with Crippen LogP contribution in [-0.2, 0) is 4.74 Å². The third-order valence-corrected chi connectivity index (χ3v) is 1.91. The van der Waals surface area contributed by atoms with Crippen LogP contribution in [0.4, 0.5) is 0 Å². The van der Waals surface area contributed by atoms with E-state index in [0.29, 0.717) is 0 Å². The molecule has 0 fully saturated rings. The molecular weight excluding hydrogens is 214 g/mol. The van der Waals surface area contributed by atoms with Crippen molar-refractivity contribution in [1.29, 1.82) is 0 Å². The lowest BCUT2D eigenvalue weighted by atomic mass is 10.1. The minimum Gasteiger partial charge on any atom is -0.507 e. The van der Waals surface area contributed by atoms with Gasteiger partial charge in [-0.1, -0.05) is 0 Å². The van der Waals surface area contributed by atoms with E-state index in [0.717, 1.165) is 0 Å². The summed E-state index contributed by atoms with van der Waals surface area (Å²) in [6.07, 6.45) is 0. The molecule has 0 unspecified atom stereocenters. The van der Waals surface area contributed by atoms with Crippen molar-refractivity contribution in [3.63, 3.8) is 0 Å². The van der Waals surface area contributed by atoms with Gasteiger partial charge in [0.05, 0.1) is 5.56 Å². The average molecular weight is 225 g/mol. The van der Waals surface area contributed by atoms with Crippen molar-refractivity contribution in [2.24, 2.45) is 5.73 Å². The Kier molecular flexibility index (Phi) is 3.98. The van der Waals surface area contributed by atoms with E-state index < -0.39 is 18.5 Å². The number of benzene rings is 1. The second kappa shape index (κ2) is 5.24. The second-order valence-electron chi connectivity index (χ2n) is 3.00. The number of amides is 1. The summed E-state index contributed by atoms with van der Waals surface area (Å²) in [5.74, 6) is -1.53. The summed E-state index contributed by atoms with van der Waals surface area (Å²) in [5.41, 5.74) is 5.05. The summed E-state index contributed by atoms with van der Waals surface area (Å²) < 4.78 is 4.51. The number of hydrogen-bond donors (Lipinski definition) is 3. The van der Waals surface area contributed by atoms with Crippen molar-refractivity contribution < 1.29 is 24.5 Å². The molecule has 0 saturated heterocycles. The predicted octanol–water partition coefficient (Wildman–Crippen LogP) is -0.360. The van der Waals surface area contributed by atoms with E-state index in [-0.39, 0.29) is 23.5 Å². The van der Waals surface area contributed by atoms with Crippen molar-refractivity contribution in [1.82, 2.24) is 0 Å². The number of primary amides is 1. The number of Topliss-reactive ketones (excluding diaryl/α,β-unsaturated/α-hetero) is 1. The van der Waals surface area contributed by atoms with Crippen molar-refractivity contribution in [2.45, 2.75) is 0 Å². The molecule has 0 radical (unpaired) electrons. The van der Waals surface area contributed by atoms with Gasteiger partial charge in [-0.25, -0.2) is 0 Å². The molecule has 0 aliphatic heterocycles. The first kappa shape index (κ1) is 12.2. The third-order valence-electron chi connectivity index (χ3n) is 1.91. The Morgan fingerprint density at radius 1 is 1.38 bits per heavy atom. The van der Waals surface area contributed by atoms with Crippen LogP contribution in [0, 0.1) is 0 Å². The van der Waals surface area contributed by atoms with Gasteiger partial charge in [0.25, 0.3) is 5.91 Å². The highest BCUT2D eigenvalue weighted by molar-refractivity contribution is 6.02. The summed E-state index contributed by atoms with van der Waals surface area (Å²) in [5, 5.41) is 17.6. The van der Waals surface area contributed by atoms with E-state index >= 15 is 0 Å². The van der Waals surface area contributed by atoms with Crippen LogP contribution < -0.4 is 5.73 Å². The number of hydrogen-bond acceptors (Lipinski definition) is 5. The molecule has 0 heterocycles. The maximum absolute atomic E-state index is 11.4. The molecule has 1 aromatic rings. The molecule has 86 valence electrons. The molecule has 0 atom stereocenters. The number of aliphatic hydroxyl groups excluding tert-OH is 1. The van der Waals surface area contributed by atoms with Crippen LogP contribution in [0.15, 0.2) is 18.2 Å². The molecule has 16 heavy (non-hydrogen) atoms. The van der Waals surface area contributed by atoms with Crippen molar-refractivity contribution in [3.8, 4) is 5.75 Å². The SMILES string of the molecule is NC(=O)c1cc(C(=O)COCO)ccc1O. The molecule has 6 nitrogen and oxygen atoms in total. The number of phenols is 1. The van der Waals surface area contributed by atoms with Crippen LogP contribution in [0.2, 0.25) is 0 Å². The number of ketones is 1. The smallest absolute Gasteiger partial charge is 0.252 e. The maximum atomic E-state index is 11.4. The number of rotatable bonds is 5. The Morgan fingerprint density at radius 3 is 2.62 bits per heavy atom. The first-order valence-electron chi connectivity index (χ1n) is 4.41. The molecular formula is C10H11NO5. The van der Waals surface area contributed by atoms with Gasteiger partial charge in [0.15, 0.2) is 5.78 Å². The van der Waals surface area contributed by atoms with Crippen LogP contribution in [0.25, 0.3) is 0 Å². The van der Waals surface area contributed by atoms with E-state index in [9.17, 15) is 14.7 Å². The molecule has 0 saturated carbocycles. The molecule has 6 heteroatoms. The van der Waals surface area contributed by atoms with Gasteiger partial charge < -0.3 is 20.7 Å². The molecule has 0 aliphatic rings. The molecule has 1 aromatic carbocycles. The predicted molar refractivity (Wildman–Crippen MR) is 54.0 cm³/mol. The summed E-state index contributed by atoms with van der Waals surface area (Å²) in [6.45, 7) is -0.869. The Balaban J connectivity index is 2.94. The van der Waals surface area contributed by atoms with E-state index in [1.54, 1.807) is 0 Å². The number of aliphatic hydroxyl groups is 1. The lowest BCUT2D eigenvalue weighted by molar-refractivity contribution is 0.00349. The zero-order chi connectivity index (χ0) is 12.1. The molecule has 1 rings (SSSR count). The molecule has 0 aromatic heterocycles. The van der Waals surface area contributed by atoms with Gasteiger partial charge in [0.2, 0.25) is 0 Å². The number of carbonyl (C=O) groups excluding carboxylic acids is 2. The summed E-state index contributed by atoms with van der Waals surface area (Å²) in [4.78, 5) is 22.3. The van der Waals surface area contributed by atoms with Crippen LogP contribution in [0.1, 0.15) is 20.7 Å². The fourth-order valence-electron chi connectivity index (χ4n) is 1.13. The van der Waals surface area contributed by atoms with Crippen LogP contribution in [0.3, 0.4) is 0 Å². The normalized spacial score (nSPS) is 10.1. The molecule has 0 aliphatic carbocycles. The highest BCUT2D eigenvalue weighted by Gasteiger charge is 2.12. The van der Waals surface area contributed by atoms with Gasteiger partial charge in [-0.3, -0.25) is 9.59 Å². The minimum absolute atomic E-state index is 0.130. The lowest BCUT2D eigenvalue weighted by Gasteiger charge is -2.04. The van der Waals surface area contributed by atoms with Gasteiger partial charge in [0.1, 0.15) is 19.1 Å². The van der Waals surface area contributed by atoms with Crippen molar-refractivity contribution >= 4 is 11.7 Å². The Labute approximate surface area is 91.3 Å². The van der Waals surface area contributed by atoms with Crippen LogP contribution in [0.5, 0.6) is 5.75 Å². The number of nitrogens with two attached hydrogens (primary N) is 1. The largest absolute Gasteiger partial charge is 0.507 e. The average Bonchev–Trinajstić information content (AvgIpc) is 2.26. The summed E-state index contributed by atoms with van der Waals surface area (Å²) in [6, 6.07) is 3.72. The van der Waals surface area contributed by atoms with E-state index in [2.05, 4.69) is 4.74 Å². The van der Waals surface area contributed by atoms with E-state index in [4.69, 9.17) is 10.8 Å². The van der Waals surface area contributed by atoms with E-state index in [1.165, 1.54) is 18.2 Å². The monoisotopic (exact) mass is 225 g/mol. The van der Waals surface area contributed by atoms with E-state index in [1.807, 2.05) is 0 Å². The number of ether oxygens (including phenoxy) is 1. The molecule has 1 amide bonds. The Hall–Kier alpha value is -1.92. The minimum atomic E-state index is -0.824. The zero-order valence-corrected chi connectivity index (χ0v) is 8.34. The summed E-state index contributed by atoms with van der Waals surface area (Å²) >= 11 is 0. The van der Waals surface area contributed by atoms with Gasteiger partial charge in [-0.05, 0) is 18.2 Å². The number of carbonyl (C=O) groups is 2. The van der Waals surface area contributed by atoms with Crippen molar-refractivity contribution in [2.75, 3.05) is 13.4 Å². The Morgan fingerprint density at radius 2 is 2.06 bits per heavy atom. The second-order valence-corrected chi connectivity index (χ2v) is 3.00. The summed E-state index contributed by atoms with van der Waals surface area (Å²) in [7, 11) is 0. The fourth-order valence-corrected chi connectivity index (χ4v) is 1.13. The third kappa shape index (κ3) is 2.78. The van der Waals surface area contributed by atoms with Crippen LogP contribution in [-0.4, -0.2) is 35.3 Å². The molecule has 0 spiro atoms. The topological polar surface area (TPSA) is 110 Å². The standard InChI is InChI=1S/C10H11NO5/c11-10(15)7-3-6(1-2-8(7)13)9(14)4-16-5-12/h1-3,12-13H,4-5H2,(H2,11,15). The van der Waals surface area contributed by atoms with Gasteiger partial charge in [-0.15, -0.1) is 0 Å². The zero-order valence-electron chi connectivity index (χ0n) is 8.34. The van der Waals surface area contributed by atoms with Gasteiger partial charge in [0, 0.05) is 5.56 Å². The quantitative estimate of drug-likeness (QED) is 0.468. The van der Waals surface area contributed by atoms with Gasteiger partial charge in [-0.2, -0.15) is 0 Å². The van der Waals surface area contributed by atoms with Gasteiger partial charge >= 0.3 is 0 Å². The molecule has 0 bridgehead atoms. The van der Waals surface area contributed by atoms with Crippen LogP contribution >= 0.6 is 0 Å². The number of aromatic hydroxyl groups is 1. The van der Waals surface area contributed by atoms with Crippen molar-refractivity contribution in [3.05, 3.63) is 29.3 Å². The molecule has 4 N–H and O–H groups in total. The first-order chi connectivity index (χ1) is 7.56. The first-order valence-corrected chi connectivity index (χ1v) is 4.41. The lowest BCUT2D eigenvalue weighted by Crippen LogP contribution is -2.14. The fraction of sp³-hybridized carbons (Fsp3) is 0.200.